The van der Waals surface area contributed by atoms with Crippen molar-refractivity contribution in [2.24, 2.45) is 11.8 Å². The van der Waals surface area contributed by atoms with Gasteiger partial charge in [0.25, 0.3) is 11.8 Å². The van der Waals surface area contributed by atoms with Crippen LogP contribution in [0.1, 0.15) is 77.3 Å². The van der Waals surface area contributed by atoms with Gasteiger partial charge in [0.05, 0.1) is 22.5 Å². The zero-order valence-electron chi connectivity index (χ0n) is 21.7. The molecule has 0 aliphatic carbocycles. The average molecular weight is 616 g/mol. The van der Waals surface area contributed by atoms with Gasteiger partial charge in [-0.25, -0.2) is 0 Å². The van der Waals surface area contributed by atoms with Crippen molar-refractivity contribution >= 4 is 66.2 Å². The number of rotatable bonds is 10. The minimum absolute atomic E-state index is 0.0634. The number of carbonyl (C=O) groups excluding carboxylic acids is 2. The summed E-state index contributed by atoms with van der Waals surface area (Å²) >= 11 is 7.17. The summed E-state index contributed by atoms with van der Waals surface area (Å²) < 4.78 is 1.86. The molecule has 0 fully saturated rings. The van der Waals surface area contributed by atoms with Crippen molar-refractivity contribution in [2.75, 3.05) is 22.9 Å². The van der Waals surface area contributed by atoms with E-state index in [9.17, 15) is 9.59 Å². The number of carbonyl (C=O) groups is 2. The van der Waals surface area contributed by atoms with E-state index in [0.29, 0.717) is 36.1 Å². The largest absolute Gasteiger partial charge is 0.308 e. The maximum Gasteiger partial charge on any atom is 0.259 e. The van der Waals surface area contributed by atoms with Crippen LogP contribution in [0.15, 0.2) is 45.3 Å². The lowest BCUT2D eigenvalue weighted by atomic mass is 9.96. The zero-order valence-corrected chi connectivity index (χ0v) is 24.9. The van der Waals surface area contributed by atoms with Gasteiger partial charge in [0.15, 0.2) is 0 Å². The van der Waals surface area contributed by atoms with Crippen LogP contribution in [0.5, 0.6) is 0 Å². The van der Waals surface area contributed by atoms with Gasteiger partial charge in [-0.2, -0.15) is 0 Å². The van der Waals surface area contributed by atoms with Crippen LogP contribution in [0.3, 0.4) is 0 Å². The number of fused-ring (bicyclic) bond motifs is 2. The fraction of sp³-hybridized carbons (Fsp3) is 0.467. The van der Waals surface area contributed by atoms with Crippen molar-refractivity contribution in [1.29, 1.82) is 0 Å². The number of anilines is 2. The van der Waals surface area contributed by atoms with Gasteiger partial charge in [0, 0.05) is 33.2 Å². The quantitative estimate of drug-likeness (QED) is 0.199. The Kier molecular flexibility index (Phi) is 8.77. The summed E-state index contributed by atoms with van der Waals surface area (Å²) in [6.45, 7) is 10.2. The van der Waals surface area contributed by atoms with E-state index in [2.05, 4.69) is 59.6 Å². The molecule has 0 atom stereocenters. The van der Waals surface area contributed by atoms with Crippen molar-refractivity contribution in [3.8, 4) is 0 Å². The first-order chi connectivity index (χ1) is 17.2. The molecule has 0 aromatic heterocycles. The minimum atomic E-state index is -0.0634. The van der Waals surface area contributed by atoms with Gasteiger partial charge in [-0.05, 0) is 48.9 Å². The van der Waals surface area contributed by atoms with Gasteiger partial charge in [-0.15, -0.1) is 0 Å². The first-order valence-corrected chi connectivity index (χ1v) is 14.8. The first kappa shape index (κ1) is 27.1. The molecule has 0 bridgehead atoms. The Morgan fingerprint density at radius 2 is 1.03 bits per heavy atom. The Bertz CT molecular complexity index is 1090. The van der Waals surface area contributed by atoms with Crippen LogP contribution in [0.2, 0.25) is 0 Å². The number of hydrogen-bond donors (Lipinski definition) is 0. The second-order valence-corrected chi connectivity index (χ2v) is 12.6. The molecule has 0 unspecified atom stereocenters. The molecule has 2 heterocycles. The standard InChI is InChI=1S/C30H36Br2N2O2/c1-19(2)9-5-7-15-33-25-17-21(31)11-13-23(25)27(29(33)35)28-24-14-12-22(32)18-26(24)34(30(28)36)16-8-6-10-20(3)4/h11-14,17-20H,5-10,15-16H2,1-4H3/b28-27+. The van der Waals surface area contributed by atoms with Gasteiger partial charge in [0.1, 0.15) is 0 Å². The van der Waals surface area contributed by atoms with E-state index in [0.717, 1.165) is 70.0 Å². The lowest BCUT2D eigenvalue weighted by Crippen LogP contribution is -2.30. The van der Waals surface area contributed by atoms with Crippen LogP contribution >= 0.6 is 31.9 Å². The molecule has 36 heavy (non-hydrogen) atoms. The van der Waals surface area contributed by atoms with Crippen molar-refractivity contribution in [2.45, 2.75) is 66.2 Å². The molecule has 2 amide bonds. The minimum Gasteiger partial charge on any atom is -0.308 e. The smallest absolute Gasteiger partial charge is 0.259 e. The van der Waals surface area contributed by atoms with E-state index in [1.54, 1.807) is 0 Å². The molecule has 4 rings (SSSR count). The monoisotopic (exact) mass is 614 g/mol. The number of nitrogens with zero attached hydrogens (tertiary/aromatic N) is 2. The number of amides is 2. The third-order valence-corrected chi connectivity index (χ3v) is 8.02. The molecule has 2 aromatic rings. The van der Waals surface area contributed by atoms with Gasteiger partial charge < -0.3 is 9.80 Å². The second-order valence-electron chi connectivity index (χ2n) is 10.8. The molecule has 0 spiro atoms. The number of benzene rings is 2. The van der Waals surface area contributed by atoms with Crippen molar-refractivity contribution in [3.05, 3.63) is 56.5 Å². The SMILES string of the molecule is CC(C)CCCCN1C(=O)/C(=C2/C(=O)N(CCCCC(C)C)c3cc(Br)ccc32)c2ccc(Br)cc21. The fourth-order valence-corrected chi connectivity index (χ4v) is 5.87. The van der Waals surface area contributed by atoms with Crippen LogP contribution in [-0.4, -0.2) is 24.9 Å². The molecular weight excluding hydrogens is 580 g/mol. The molecule has 4 nitrogen and oxygen atoms in total. The normalized spacial score (nSPS) is 17.1. The number of unbranched alkanes of at least 4 members (excludes halogenated alkanes) is 2. The highest BCUT2D eigenvalue weighted by molar-refractivity contribution is 9.10. The van der Waals surface area contributed by atoms with Gasteiger partial charge >= 0.3 is 0 Å². The lowest BCUT2D eigenvalue weighted by Gasteiger charge is -2.18. The molecule has 0 saturated heterocycles. The van der Waals surface area contributed by atoms with E-state index < -0.39 is 0 Å². The predicted molar refractivity (Wildman–Crippen MR) is 157 cm³/mol. The average Bonchev–Trinajstić information content (AvgIpc) is 3.23. The van der Waals surface area contributed by atoms with Crippen LogP contribution in [0, 0.1) is 11.8 Å². The molecule has 0 N–H and O–H groups in total. The Hall–Kier alpha value is -1.92. The summed E-state index contributed by atoms with van der Waals surface area (Å²) in [4.78, 5) is 31.6. The molecule has 0 saturated carbocycles. The Labute approximate surface area is 232 Å². The summed E-state index contributed by atoms with van der Waals surface area (Å²) in [6.07, 6.45) is 6.34. The van der Waals surface area contributed by atoms with Gasteiger partial charge in [-0.1, -0.05) is 97.4 Å². The fourth-order valence-electron chi connectivity index (χ4n) is 5.17. The highest BCUT2D eigenvalue weighted by atomic mass is 79.9. The lowest BCUT2D eigenvalue weighted by molar-refractivity contribution is -0.114. The molecule has 2 aliphatic heterocycles. The summed E-state index contributed by atoms with van der Waals surface area (Å²) in [5.74, 6) is 1.17. The van der Waals surface area contributed by atoms with Crippen LogP contribution in [0.25, 0.3) is 11.1 Å². The van der Waals surface area contributed by atoms with E-state index >= 15 is 0 Å². The Morgan fingerprint density at radius 1 is 0.639 bits per heavy atom. The number of halogens is 2. The van der Waals surface area contributed by atoms with Crippen molar-refractivity contribution < 1.29 is 9.59 Å². The summed E-state index contributed by atoms with van der Waals surface area (Å²) in [5.41, 5.74) is 4.57. The van der Waals surface area contributed by atoms with Crippen LogP contribution < -0.4 is 9.80 Å². The van der Waals surface area contributed by atoms with Crippen LogP contribution in [-0.2, 0) is 9.59 Å². The third kappa shape index (κ3) is 5.65. The van der Waals surface area contributed by atoms with Crippen molar-refractivity contribution in [3.63, 3.8) is 0 Å². The van der Waals surface area contributed by atoms with E-state index in [-0.39, 0.29) is 11.8 Å². The molecule has 2 aromatic carbocycles. The highest BCUT2D eigenvalue weighted by Gasteiger charge is 2.41. The van der Waals surface area contributed by atoms with E-state index in [4.69, 9.17) is 0 Å². The third-order valence-electron chi connectivity index (χ3n) is 7.03. The van der Waals surface area contributed by atoms with Gasteiger partial charge in [0.2, 0.25) is 0 Å². The molecule has 0 radical (unpaired) electrons. The van der Waals surface area contributed by atoms with Gasteiger partial charge in [-0.3, -0.25) is 9.59 Å². The summed E-state index contributed by atoms with van der Waals surface area (Å²) in [6, 6.07) is 11.9. The maximum atomic E-state index is 13.9. The summed E-state index contributed by atoms with van der Waals surface area (Å²) in [5, 5.41) is 0. The first-order valence-electron chi connectivity index (χ1n) is 13.2. The highest BCUT2D eigenvalue weighted by Crippen LogP contribution is 2.47. The topological polar surface area (TPSA) is 40.6 Å². The van der Waals surface area contributed by atoms with E-state index in [1.165, 1.54) is 0 Å². The predicted octanol–water partition coefficient (Wildman–Crippen LogP) is 8.47. The molecular formula is C30H36Br2N2O2. The van der Waals surface area contributed by atoms with Crippen molar-refractivity contribution in [1.82, 2.24) is 0 Å². The summed E-state index contributed by atoms with van der Waals surface area (Å²) in [7, 11) is 0. The molecule has 192 valence electrons. The maximum absolute atomic E-state index is 13.9. The number of hydrogen-bond acceptors (Lipinski definition) is 2. The van der Waals surface area contributed by atoms with E-state index in [1.807, 2.05) is 46.2 Å². The Balaban J connectivity index is 1.72. The molecule has 2 aliphatic rings. The molecule has 6 heteroatoms. The Morgan fingerprint density at radius 3 is 1.39 bits per heavy atom. The second kappa shape index (κ2) is 11.6. The zero-order chi connectivity index (χ0) is 26.0. The van der Waals surface area contributed by atoms with Crippen LogP contribution in [0.4, 0.5) is 11.4 Å².